The number of nitrogens with zero attached hydrogens (tertiary/aromatic N) is 1. The molecule has 0 aromatic heterocycles. The molecule has 0 fully saturated rings. The van der Waals surface area contributed by atoms with Crippen LogP contribution in [-0.4, -0.2) is 43.9 Å². The van der Waals surface area contributed by atoms with Crippen molar-refractivity contribution in [2.45, 2.75) is 36.5 Å². The first kappa shape index (κ1) is 22.8. The molecular formula is C20H20F3N3O4S. The predicted octanol–water partition coefficient (Wildman–Crippen LogP) is 1.51. The fourth-order valence-electron chi connectivity index (χ4n) is 3.36. The topological polar surface area (TPSA) is 110 Å². The zero-order chi connectivity index (χ0) is 22.8. The molecule has 11 heteroatoms. The third-order valence-electron chi connectivity index (χ3n) is 4.95. The van der Waals surface area contributed by atoms with Crippen LogP contribution in [0.5, 0.6) is 0 Å². The fourth-order valence-corrected chi connectivity index (χ4v) is 4.61. The lowest BCUT2D eigenvalue weighted by Gasteiger charge is -2.29. The minimum atomic E-state index is -5.01. The SMILES string of the molecule is NC(=O)C(Cc1ccccc1)NS(=O)(=O)c1ccc2c(c1)CN(C(=O)C(F)(F)F)CC2. The van der Waals surface area contributed by atoms with E-state index in [1.54, 1.807) is 30.3 Å². The second-order valence-corrected chi connectivity index (χ2v) is 8.88. The Kier molecular flexibility index (Phi) is 6.37. The third-order valence-corrected chi connectivity index (χ3v) is 6.42. The number of fused-ring (bicyclic) bond motifs is 1. The first-order valence-electron chi connectivity index (χ1n) is 9.31. The number of carbonyl (C=O) groups is 2. The average Bonchev–Trinajstić information content (AvgIpc) is 2.71. The minimum absolute atomic E-state index is 0.0359. The average molecular weight is 455 g/mol. The van der Waals surface area contributed by atoms with E-state index in [0.717, 1.165) is 0 Å². The molecule has 3 N–H and O–H groups in total. The van der Waals surface area contributed by atoms with Crippen molar-refractivity contribution in [3.8, 4) is 0 Å². The number of hydrogen-bond donors (Lipinski definition) is 2. The van der Waals surface area contributed by atoms with Crippen LogP contribution in [0.15, 0.2) is 53.4 Å². The summed E-state index contributed by atoms with van der Waals surface area (Å²) in [6, 6.07) is 11.5. The van der Waals surface area contributed by atoms with Gasteiger partial charge in [-0.3, -0.25) is 9.59 Å². The highest BCUT2D eigenvalue weighted by Gasteiger charge is 2.43. The van der Waals surface area contributed by atoms with Gasteiger partial charge in [0.05, 0.1) is 4.90 Å². The number of amides is 2. The van der Waals surface area contributed by atoms with Crippen LogP contribution >= 0.6 is 0 Å². The maximum absolute atomic E-state index is 12.8. The van der Waals surface area contributed by atoms with E-state index in [1.165, 1.54) is 18.2 Å². The van der Waals surface area contributed by atoms with E-state index in [0.29, 0.717) is 21.6 Å². The number of primary amides is 1. The molecule has 0 saturated heterocycles. The summed E-state index contributed by atoms with van der Waals surface area (Å²) in [4.78, 5) is 23.7. The molecule has 2 amide bonds. The van der Waals surface area contributed by atoms with Gasteiger partial charge in [0.15, 0.2) is 0 Å². The molecule has 1 aliphatic rings. The van der Waals surface area contributed by atoms with Gasteiger partial charge >= 0.3 is 12.1 Å². The van der Waals surface area contributed by atoms with Crippen molar-refractivity contribution in [3.63, 3.8) is 0 Å². The van der Waals surface area contributed by atoms with Crippen LogP contribution in [0.2, 0.25) is 0 Å². The summed E-state index contributed by atoms with van der Waals surface area (Å²) < 4.78 is 66.1. The lowest BCUT2D eigenvalue weighted by molar-refractivity contribution is -0.186. The Morgan fingerprint density at radius 1 is 1.10 bits per heavy atom. The lowest BCUT2D eigenvalue weighted by atomic mass is 10.00. The smallest absolute Gasteiger partial charge is 0.368 e. The van der Waals surface area contributed by atoms with Crippen molar-refractivity contribution in [1.82, 2.24) is 9.62 Å². The van der Waals surface area contributed by atoms with Gasteiger partial charge in [0.2, 0.25) is 15.9 Å². The number of sulfonamides is 1. The standard InChI is InChI=1S/C20H20F3N3O4S/c21-20(22,23)19(28)26-9-8-14-6-7-16(11-15(14)12-26)31(29,30)25-17(18(24)27)10-13-4-2-1-3-5-13/h1-7,11,17,25H,8-10,12H2,(H2,24,27). The van der Waals surface area contributed by atoms with Crippen LogP contribution in [0.4, 0.5) is 13.2 Å². The molecule has 1 heterocycles. The normalized spacial score (nSPS) is 15.3. The highest BCUT2D eigenvalue weighted by Crippen LogP contribution is 2.26. The molecule has 0 radical (unpaired) electrons. The molecule has 3 rings (SSSR count). The molecule has 7 nitrogen and oxygen atoms in total. The number of hydrogen-bond acceptors (Lipinski definition) is 4. The largest absolute Gasteiger partial charge is 0.471 e. The summed E-state index contributed by atoms with van der Waals surface area (Å²) in [6.45, 7) is -0.475. The predicted molar refractivity (Wildman–Crippen MR) is 105 cm³/mol. The van der Waals surface area contributed by atoms with Crippen molar-refractivity contribution in [2.24, 2.45) is 5.73 Å². The number of halogens is 3. The van der Waals surface area contributed by atoms with E-state index >= 15 is 0 Å². The van der Waals surface area contributed by atoms with Crippen molar-refractivity contribution >= 4 is 21.8 Å². The molecule has 0 saturated carbocycles. The Morgan fingerprint density at radius 2 is 1.77 bits per heavy atom. The molecule has 0 aliphatic carbocycles. The molecule has 1 atom stereocenters. The molecule has 2 aromatic carbocycles. The van der Waals surface area contributed by atoms with Crippen LogP contribution in [0.25, 0.3) is 0 Å². The Morgan fingerprint density at radius 3 is 2.39 bits per heavy atom. The molecule has 0 bridgehead atoms. The molecule has 31 heavy (non-hydrogen) atoms. The summed E-state index contributed by atoms with van der Waals surface area (Å²) in [7, 11) is -4.20. The zero-order valence-electron chi connectivity index (χ0n) is 16.2. The maximum Gasteiger partial charge on any atom is 0.471 e. The minimum Gasteiger partial charge on any atom is -0.368 e. The fraction of sp³-hybridized carbons (Fsp3) is 0.300. The quantitative estimate of drug-likeness (QED) is 0.688. The van der Waals surface area contributed by atoms with E-state index in [9.17, 15) is 31.2 Å². The van der Waals surface area contributed by atoms with Gasteiger partial charge in [-0.05, 0) is 41.7 Å². The number of rotatable bonds is 6. The number of carbonyl (C=O) groups excluding carboxylic acids is 2. The Balaban J connectivity index is 1.82. The van der Waals surface area contributed by atoms with E-state index in [-0.39, 0.29) is 30.8 Å². The van der Waals surface area contributed by atoms with Crippen LogP contribution in [0.1, 0.15) is 16.7 Å². The van der Waals surface area contributed by atoms with Gasteiger partial charge in [-0.2, -0.15) is 17.9 Å². The van der Waals surface area contributed by atoms with Gasteiger partial charge < -0.3 is 10.6 Å². The monoisotopic (exact) mass is 455 g/mol. The van der Waals surface area contributed by atoms with Crippen molar-refractivity contribution in [2.75, 3.05) is 6.54 Å². The van der Waals surface area contributed by atoms with E-state index < -0.39 is 34.1 Å². The third kappa shape index (κ3) is 5.42. The lowest BCUT2D eigenvalue weighted by Crippen LogP contribution is -2.46. The second-order valence-electron chi connectivity index (χ2n) is 7.17. The van der Waals surface area contributed by atoms with Crippen molar-refractivity contribution in [1.29, 1.82) is 0 Å². The second kappa shape index (κ2) is 8.67. The van der Waals surface area contributed by atoms with Crippen LogP contribution < -0.4 is 10.5 Å². The van der Waals surface area contributed by atoms with Crippen molar-refractivity contribution < 1.29 is 31.2 Å². The van der Waals surface area contributed by atoms with Gasteiger partial charge in [0, 0.05) is 13.1 Å². The van der Waals surface area contributed by atoms with Crippen LogP contribution in [0.3, 0.4) is 0 Å². The summed E-state index contributed by atoms with van der Waals surface area (Å²) in [5.41, 5.74) is 7.00. The first-order chi connectivity index (χ1) is 14.5. The number of nitrogens with two attached hydrogens (primary N) is 1. The van der Waals surface area contributed by atoms with E-state index in [4.69, 9.17) is 5.73 Å². The van der Waals surface area contributed by atoms with Gasteiger partial charge in [-0.1, -0.05) is 36.4 Å². The summed E-state index contributed by atoms with van der Waals surface area (Å²) in [6.07, 6.45) is -4.80. The molecular weight excluding hydrogens is 435 g/mol. The highest BCUT2D eigenvalue weighted by atomic mass is 32.2. The van der Waals surface area contributed by atoms with E-state index in [2.05, 4.69) is 4.72 Å². The van der Waals surface area contributed by atoms with Crippen LogP contribution in [0, 0.1) is 0 Å². The first-order valence-corrected chi connectivity index (χ1v) is 10.8. The molecule has 1 aliphatic heterocycles. The molecule has 166 valence electrons. The molecule has 1 unspecified atom stereocenters. The summed E-state index contributed by atoms with van der Waals surface area (Å²) >= 11 is 0. The highest BCUT2D eigenvalue weighted by molar-refractivity contribution is 7.89. The van der Waals surface area contributed by atoms with Gasteiger partial charge in [-0.15, -0.1) is 0 Å². The Hall–Kier alpha value is -2.92. The van der Waals surface area contributed by atoms with Crippen molar-refractivity contribution in [3.05, 3.63) is 65.2 Å². The van der Waals surface area contributed by atoms with Gasteiger partial charge in [-0.25, -0.2) is 8.42 Å². The maximum atomic E-state index is 12.8. The van der Waals surface area contributed by atoms with Gasteiger partial charge in [0.25, 0.3) is 0 Å². The zero-order valence-corrected chi connectivity index (χ0v) is 17.0. The van der Waals surface area contributed by atoms with Gasteiger partial charge in [0.1, 0.15) is 6.04 Å². The van der Waals surface area contributed by atoms with E-state index in [1.807, 2.05) is 0 Å². The Bertz CT molecular complexity index is 1090. The summed E-state index contributed by atoms with van der Waals surface area (Å²) in [5.74, 6) is -2.84. The summed E-state index contributed by atoms with van der Waals surface area (Å²) in [5, 5.41) is 0. The molecule has 0 spiro atoms. The Labute approximate surface area is 177 Å². The molecule has 2 aromatic rings. The van der Waals surface area contributed by atoms with Crippen LogP contribution in [-0.2, 0) is 39.0 Å². The number of benzene rings is 2. The number of nitrogens with one attached hydrogen (secondary N) is 1. The number of alkyl halides is 3.